The van der Waals surface area contributed by atoms with Crippen molar-refractivity contribution in [3.8, 4) is 11.1 Å². The van der Waals surface area contributed by atoms with Gasteiger partial charge in [-0.05, 0) is 61.6 Å². The number of thiophene rings is 1. The van der Waals surface area contributed by atoms with Crippen molar-refractivity contribution in [1.29, 1.82) is 0 Å². The highest BCUT2D eigenvalue weighted by molar-refractivity contribution is 7.92. The van der Waals surface area contributed by atoms with Crippen LogP contribution in [0.3, 0.4) is 0 Å². The van der Waals surface area contributed by atoms with E-state index < -0.39 is 16.1 Å². The molecule has 0 radical (unpaired) electrons. The van der Waals surface area contributed by atoms with Gasteiger partial charge in [-0.15, -0.1) is 11.3 Å². The van der Waals surface area contributed by atoms with Gasteiger partial charge in [0.2, 0.25) is 0 Å². The fourth-order valence-electron chi connectivity index (χ4n) is 4.46. The third kappa shape index (κ3) is 4.03. The number of carbonyl (C=O) groups excluding carboxylic acids is 1. The summed E-state index contributed by atoms with van der Waals surface area (Å²) in [7, 11) is -1.94. The first-order valence-corrected chi connectivity index (χ1v) is 12.9. The van der Waals surface area contributed by atoms with Crippen molar-refractivity contribution in [3.63, 3.8) is 0 Å². The van der Waals surface area contributed by atoms with Gasteiger partial charge in [0, 0.05) is 41.5 Å². The summed E-state index contributed by atoms with van der Waals surface area (Å²) in [6, 6.07) is 8.75. The van der Waals surface area contributed by atoms with E-state index in [0.717, 1.165) is 65.9 Å². The second kappa shape index (κ2) is 8.31. The monoisotopic (exact) mass is 468 g/mol. The van der Waals surface area contributed by atoms with E-state index in [1.165, 1.54) is 16.9 Å². The standard InChI is InChI=1S/C23H24N4O3S2/c1-27-11-9-20-17(14-27)12-21(31-20)32(29,30)26-23(28)25-22-18-6-2-4-15(18)7-8-19(22)16-5-3-10-24-13-16/h3,5,7-8,10,12-13H,2,4,6,9,11,14H2,1H3,(H2,25,26,28). The molecule has 0 saturated heterocycles. The number of nitrogens with one attached hydrogen (secondary N) is 2. The minimum Gasteiger partial charge on any atom is -0.306 e. The summed E-state index contributed by atoms with van der Waals surface area (Å²) in [6.07, 6.45) is 7.06. The molecule has 3 aromatic rings. The van der Waals surface area contributed by atoms with E-state index in [1.54, 1.807) is 18.5 Å². The normalized spacial score (nSPS) is 15.8. The van der Waals surface area contributed by atoms with E-state index in [9.17, 15) is 13.2 Å². The number of sulfonamides is 1. The van der Waals surface area contributed by atoms with Crippen molar-refractivity contribution in [2.45, 2.75) is 36.4 Å². The number of aryl methyl sites for hydroxylation is 1. The molecule has 2 aliphatic rings. The summed E-state index contributed by atoms with van der Waals surface area (Å²) in [4.78, 5) is 20.3. The SMILES string of the molecule is CN1CCc2sc(S(=O)(=O)NC(=O)Nc3c(-c4cccnc4)ccc4c3CCC4)cc2C1. The molecule has 166 valence electrons. The molecule has 2 N–H and O–H groups in total. The molecule has 1 aliphatic heterocycles. The summed E-state index contributed by atoms with van der Waals surface area (Å²) in [6.45, 7) is 1.62. The summed E-state index contributed by atoms with van der Waals surface area (Å²) in [5, 5.41) is 2.84. The quantitative estimate of drug-likeness (QED) is 0.608. The predicted molar refractivity (Wildman–Crippen MR) is 125 cm³/mol. The van der Waals surface area contributed by atoms with Gasteiger partial charge in [0.15, 0.2) is 0 Å². The summed E-state index contributed by atoms with van der Waals surface area (Å²) < 4.78 is 28.3. The Morgan fingerprint density at radius 2 is 2.03 bits per heavy atom. The Morgan fingerprint density at radius 3 is 2.84 bits per heavy atom. The lowest BCUT2D eigenvalue weighted by molar-refractivity contribution is 0.256. The molecular weight excluding hydrogens is 444 g/mol. The third-order valence-electron chi connectivity index (χ3n) is 6.02. The number of rotatable bonds is 4. The predicted octanol–water partition coefficient (Wildman–Crippen LogP) is 3.80. The summed E-state index contributed by atoms with van der Waals surface area (Å²) in [5.41, 5.74) is 5.63. The lowest BCUT2D eigenvalue weighted by Gasteiger charge is -2.21. The van der Waals surface area contributed by atoms with Crippen LogP contribution >= 0.6 is 11.3 Å². The Labute approximate surface area is 191 Å². The van der Waals surface area contributed by atoms with Gasteiger partial charge in [0.25, 0.3) is 10.0 Å². The van der Waals surface area contributed by atoms with Gasteiger partial charge in [0.05, 0.1) is 5.69 Å². The smallest absolute Gasteiger partial charge is 0.306 e. The molecule has 0 unspecified atom stereocenters. The Kier molecular flexibility index (Phi) is 5.48. The van der Waals surface area contributed by atoms with Crippen LogP contribution < -0.4 is 10.0 Å². The topological polar surface area (TPSA) is 91.4 Å². The van der Waals surface area contributed by atoms with E-state index in [1.807, 2.05) is 25.2 Å². The van der Waals surface area contributed by atoms with Crippen LogP contribution in [0.1, 0.15) is 28.0 Å². The van der Waals surface area contributed by atoms with Gasteiger partial charge in [-0.3, -0.25) is 4.98 Å². The zero-order valence-electron chi connectivity index (χ0n) is 17.7. The number of aromatic nitrogens is 1. The van der Waals surface area contributed by atoms with Crippen LogP contribution in [-0.4, -0.2) is 37.9 Å². The van der Waals surface area contributed by atoms with Crippen molar-refractivity contribution in [2.24, 2.45) is 0 Å². The lowest BCUT2D eigenvalue weighted by atomic mass is 9.98. The molecule has 9 heteroatoms. The number of hydrogen-bond acceptors (Lipinski definition) is 6. The number of anilines is 1. The van der Waals surface area contributed by atoms with Gasteiger partial charge < -0.3 is 10.2 Å². The van der Waals surface area contributed by atoms with Crippen LogP contribution in [0.4, 0.5) is 10.5 Å². The summed E-state index contributed by atoms with van der Waals surface area (Å²) >= 11 is 1.25. The van der Waals surface area contributed by atoms with E-state index in [2.05, 4.69) is 26.0 Å². The Bertz CT molecular complexity index is 1290. The largest absolute Gasteiger partial charge is 0.333 e. The molecule has 32 heavy (non-hydrogen) atoms. The Balaban J connectivity index is 1.42. The fourth-order valence-corrected chi connectivity index (χ4v) is 6.91. The van der Waals surface area contributed by atoms with Crippen LogP contribution in [-0.2, 0) is 35.8 Å². The number of fused-ring (bicyclic) bond motifs is 2. The second-order valence-corrected chi connectivity index (χ2v) is 11.3. The van der Waals surface area contributed by atoms with Gasteiger partial charge in [-0.2, -0.15) is 0 Å². The lowest BCUT2D eigenvalue weighted by Crippen LogP contribution is -2.34. The van der Waals surface area contributed by atoms with Crippen LogP contribution in [0.2, 0.25) is 0 Å². The van der Waals surface area contributed by atoms with Gasteiger partial charge >= 0.3 is 6.03 Å². The van der Waals surface area contributed by atoms with Crippen LogP contribution in [0, 0.1) is 0 Å². The number of likely N-dealkylation sites (N-methyl/N-ethyl adjacent to an activating group) is 1. The maximum Gasteiger partial charge on any atom is 0.333 e. The van der Waals surface area contributed by atoms with E-state index in [-0.39, 0.29) is 4.21 Å². The molecule has 2 amide bonds. The molecule has 1 aromatic carbocycles. The highest BCUT2D eigenvalue weighted by atomic mass is 32.2. The fraction of sp³-hybridized carbons (Fsp3) is 0.304. The van der Waals surface area contributed by atoms with Gasteiger partial charge in [0.1, 0.15) is 4.21 Å². The van der Waals surface area contributed by atoms with Crippen LogP contribution in [0.5, 0.6) is 0 Å². The maximum absolute atomic E-state index is 12.9. The zero-order valence-corrected chi connectivity index (χ0v) is 19.4. The Hall–Kier alpha value is -2.75. The molecule has 0 spiro atoms. The first-order chi connectivity index (χ1) is 15.4. The molecule has 7 nitrogen and oxygen atoms in total. The average Bonchev–Trinajstić information content (AvgIpc) is 3.41. The van der Waals surface area contributed by atoms with Crippen molar-refractivity contribution in [2.75, 3.05) is 18.9 Å². The first kappa shape index (κ1) is 21.1. The molecule has 0 fully saturated rings. The van der Waals surface area contributed by atoms with Crippen molar-refractivity contribution in [1.82, 2.24) is 14.6 Å². The van der Waals surface area contributed by atoms with Crippen LogP contribution in [0.15, 0.2) is 46.9 Å². The zero-order chi connectivity index (χ0) is 22.3. The molecule has 3 heterocycles. The molecule has 5 rings (SSSR count). The first-order valence-electron chi connectivity index (χ1n) is 10.6. The minimum absolute atomic E-state index is 0.179. The molecule has 0 saturated carbocycles. The third-order valence-corrected chi connectivity index (χ3v) is 9.06. The maximum atomic E-state index is 12.9. The van der Waals surface area contributed by atoms with Crippen molar-refractivity contribution < 1.29 is 13.2 Å². The molecule has 0 bridgehead atoms. The van der Waals surface area contributed by atoms with E-state index in [4.69, 9.17) is 0 Å². The number of nitrogens with zero attached hydrogens (tertiary/aromatic N) is 2. The highest BCUT2D eigenvalue weighted by Gasteiger charge is 2.26. The molecule has 1 aliphatic carbocycles. The molecule has 2 aromatic heterocycles. The highest BCUT2D eigenvalue weighted by Crippen LogP contribution is 2.37. The van der Waals surface area contributed by atoms with Crippen LogP contribution in [0.25, 0.3) is 11.1 Å². The minimum atomic E-state index is -3.96. The summed E-state index contributed by atoms with van der Waals surface area (Å²) in [5.74, 6) is 0. The number of pyridine rings is 1. The van der Waals surface area contributed by atoms with Crippen molar-refractivity contribution >= 4 is 33.1 Å². The number of amides is 2. The van der Waals surface area contributed by atoms with Gasteiger partial charge in [-0.25, -0.2) is 17.9 Å². The van der Waals surface area contributed by atoms with E-state index >= 15 is 0 Å². The van der Waals surface area contributed by atoms with Crippen molar-refractivity contribution in [3.05, 3.63) is 64.3 Å². The van der Waals surface area contributed by atoms with Gasteiger partial charge in [-0.1, -0.05) is 18.2 Å². The number of benzene rings is 1. The average molecular weight is 469 g/mol. The Morgan fingerprint density at radius 1 is 1.16 bits per heavy atom. The second-order valence-electron chi connectivity index (χ2n) is 8.28. The molecular formula is C23H24N4O3S2. The van der Waals surface area contributed by atoms with E-state index in [0.29, 0.717) is 5.69 Å². The number of carbonyl (C=O) groups is 1. The number of urea groups is 1. The molecule has 0 atom stereocenters. The number of hydrogen-bond donors (Lipinski definition) is 2.